The summed E-state index contributed by atoms with van der Waals surface area (Å²) in [7, 11) is 0. The summed E-state index contributed by atoms with van der Waals surface area (Å²) < 4.78 is 10.8. The van der Waals surface area contributed by atoms with Gasteiger partial charge in [-0.15, -0.1) is 0 Å². The van der Waals surface area contributed by atoms with E-state index in [2.05, 4.69) is 10.1 Å². The first-order valence-corrected chi connectivity index (χ1v) is 7.91. The van der Waals surface area contributed by atoms with Crippen LogP contribution >= 0.6 is 0 Å². The number of ether oxygens (including phenoxy) is 1. The average molecular weight is 291 g/mol. The Labute approximate surface area is 123 Å². The molecule has 2 bridgehead atoms. The minimum absolute atomic E-state index is 0.202. The Hall–Kier alpha value is -1.43. The van der Waals surface area contributed by atoms with E-state index >= 15 is 0 Å². The Balaban J connectivity index is 1.55. The first-order valence-electron chi connectivity index (χ1n) is 7.91. The van der Waals surface area contributed by atoms with Crippen molar-refractivity contribution in [3.05, 3.63) is 11.7 Å². The van der Waals surface area contributed by atoms with Crippen LogP contribution in [0, 0.1) is 24.7 Å². The molecule has 1 saturated heterocycles. The molecule has 1 aromatic heterocycles. The smallest absolute Gasteiger partial charge is 0.251 e. The highest BCUT2D eigenvalue weighted by molar-refractivity contribution is 5.80. The highest BCUT2D eigenvalue weighted by atomic mass is 16.5. The zero-order valence-electron chi connectivity index (χ0n) is 12.3. The van der Waals surface area contributed by atoms with Gasteiger partial charge in [0.05, 0.1) is 13.2 Å². The summed E-state index contributed by atoms with van der Waals surface area (Å²) in [5.41, 5.74) is 0. The topological polar surface area (TPSA) is 68.5 Å². The largest absolute Gasteiger partial charge is 0.377 e. The number of aromatic nitrogens is 2. The van der Waals surface area contributed by atoms with Gasteiger partial charge in [0.15, 0.2) is 5.82 Å². The van der Waals surface area contributed by atoms with E-state index < -0.39 is 0 Å². The van der Waals surface area contributed by atoms with Gasteiger partial charge >= 0.3 is 0 Å². The second-order valence-corrected chi connectivity index (χ2v) is 6.58. The predicted octanol–water partition coefficient (Wildman–Crippen LogP) is 1.71. The Bertz CT molecular complexity index is 544. The Morgan fingerprint density at radius 3 is 2.90 bits per heavy atom. The first-order chi connectivity index (χ1) is 10.2. The van der Waals surface area contributed by atoms with E-state index in [-0.39, 0.29) is 17.9 Å². The monoisotopic (exact) mass is 291 g/mol. The van der Waals surface area contributed by atoms with Gasteiger partial charge in [-0.05, 0) is 38.0 Å². The SMILES string of the molecule is Cc1noc([C@@H]2COCCN2C(=O)[C@@H]2C[C@H]3CC[C@H]2C3)n1. The van der Waals surface area contributed by atoms with Gasteiger partial charge < -0.3 is 14.2 Å². The molecular formula is C15H21N3O3. The summed E-state index contributed by atoms with van der Waals surface area (Å²) in [6, 6.07) is -0.216. The van der Waals surface area contributed by atoms with Crippen molar-refractivity contribution < 1.29 is 14.1 Å². The number of morpholine rings is 1. The van der Waals surface area contributed by atoms with Crippen molar-refractivity contribution in [2.75, 3.05) is 19.8 Å². The number of carbonyl (C=O) groups is 1. The van der Waals surface area contributed by atoms with E-state index in [0.29, 0.717) is 37.4 Å². The number of hydrogen-bond acceptors (Lipinski definition) is 5. The summed E-state index contributed by atoms with van der Waals surface area (Å²) >= 11 is 0. The Morgan fingerprint density at radius 1 is 1.33 bits per heavy atom. The molecule has 0 N–H and O–H groups in total. The lowest BCUT2D eigenvalue weighted by atomic mass is 9.87. The van der Waals surface area contributed by atoms with Gasteiger partial charge in [0, 0.05) is 12.5 Å². The van der Waals surface area contributed by atoms with Gasteiger partial charge in [0.2, 0.25) is 5.91 Å². The van der Waals surface area contributed by atoms with Gasteiger partial charge in [0.1, 0.15) is 6.04 Å². The maximum Gasteiger partial charge on any atom is 0.251 e. The van der Waals surface area contributed by atoms with Crippen LogP contribution in [0.5, 0.6) is 0 Å². The number of hydrogen-bond donors (Lipinski definition) is 0. The number of rotatable bonds is 2. The quantitative estimate of drug-likeness (QED) is 0.830. The molecule has 0 radical (unpaired) electrons. The van der Waals surface area contributed by atoms with Crippen LogP contribution < -0.4 is 0 Å². The van der Waals surface area contributed by atoms with Crippen LogP contribution in [0.15, 0.2) is 4.52 Å². The number of fused-ring (bicyclic) bond motifs is 2. The lowest BCUT2D eigenvalue weighted by Crippen LogP contribution is -2.47. The predicted molar refractivity (Wildman–Crippen MR) is 73.2 cm³/mol. The fraction of sp³-hybridized carbons (Fsp3) is 0.800. The fourth-order valence-electron chi connectivity index (χ4n) is 4.28. The van der Waals surface area contributed by atoms with Crippen LogP contribution in [0.25, 0.3) is 0 Å². The third kappa shape index (κ3) is 2.25. The van der Waals surface area contributed by atoms with Crippen molar-refractivity contribution in [3.8, 4) is 0 Å². The average Bonchev–Trinajstić information content (AvgIpc) is 3.22. The number of aryl methyl sites for hydroxylation is 1. The molecule has 4 rings (SSSR count). The van der Waals surface area contributed by atoms with E-state index in [1.165, 1.54) is 19.3 Å². The van der Waals surface area contributed by atoms with Crippen molar-refractivity contribution in [3.63, 3.8) is 0 Å². The maximum absolute atomic E-state index is 13.0. The molecule has 0 aromatic carbocycles. The third-order valence-corrected chi connectivity index (χ3v) is 5.30. The van der Waals surface area contributed by atoms with E-state index in [1.54, 1.807) is 6.92 Å². The van der Waals surface area contributed by atoms with E-state index in [0.717, 1.165) is 12.3 Å². The van der Waals surface area contributed by atoms with Crippen molar-refractivity contribution >= 4 is 5.91 Å². The molecule has 1 aromatic rings. The molecule has 2 saturated carbocycles. The van der Waals surface area contributed by atoms with Gasteiger partial charge in [0.25, 0.3) is 5.89 Å². The van der Waals surface area contributed by atoms with Crippen molar-refractivity contribution in [2.24, 2.45) is 17.8 Å². The molecule has 3 fully saturated rings. The zero-order chi connectivity index (χ0) is 14.4. The second kappa shape index (κ2) is 5.09. The van der Waals surface area contributed by atoms with Gasteiger partial charge in [-0.2, -0.15) is 4.98 Å². The highest BCUT2D eigenvalue weighted by Gasteiger charge is 2.46. The lowest BCUT2D eigenvalue weighted by molar-refractivity contribution is -0.147. The normalized spacial score (nSPS) is 35.4. The summed E-state index contributed by atoms with van der Waals surface area (Å²) in [6.45, 7) is 3.46. The van der Waals surface area contributed by atoms with E-state index in [4.69, 9.17) is 9.26 Å². The molecule has 2 heterocycles. The molecule has 1 amide bonds. The van der Waals surface area contributed by atoms with Crippen LogP contribution in [-0.2, 0) is 9.53 Å². The molecule has 6 nitrogen and oxygen atoms in total. The molecule has 1 aliphatic heterocycles. The third-order valence-electron chi connectivity index (χ3n) is 5.30. The minimum atomic E-state index is -0.216. The Kier molecular flexibility index (Phi) is 3.21. The Morgan fingerprint density at radius 2 is 2.24 bits per heavy atom. The lowest BCUT2D eigenvalue weighted by Gasteiger charge is -2.36. The number of amides is 1. The van der Waals surface area contributed by atoms with Crippen molar-refractivity contribution in [2.45, 2.75) is 38.6 Å². The summed E-state index contributed by atoms with van der Waals surface area (Å²) in [5, 5.41) is 3.84. The summed E-state index contributed by atoms with van der Waals surface area (Å²) in [4.78, 5) is 19.2. The van der Waals surface area contributed by atoms with Crippen LogP contribution in [0.2, 0.25) is 0 Å². The molecule has 21 heavy (non-hydrogen) atoms. The highest BCUT2D eigenvalue weighted by Crippen LogP contribution is 2.49. The molecule has 4 atom stereocenters. The van der Waals surface area contributed by atoms with Crippen LogP contribution in [-0.4, -0.2) is 40.7 Å². The first kappa shape index (κ1) is 13.2. The van der Waals surface area contributed by atoms with Gasteiger partial charge in [-0.25, -0.2) is 0 Å². The van der Waals surface area contributed by atoms with Crippen molar-refractivity contribution in [1.29, 1.82) is 0 Å². The molecule has 114 valence electrons. The van der Waals surface area contributed by atoms with Gasteiger partial charge in [-0.1, -0.05) is 11.6 Å². The van der Waals surface area contributed by atoms with Crippen LogP contribution in [0.3, 0.4) is 0 Å². The van der Waals surface area contributed by atoms with Crippen LogP contribution in [0.4, 0.5) is 0 Å². The van der Waals surface area contributed by atoms with E-state index in [1.807, 2.05) is 4.90 Å². The fourth-order valence-corrected chi connectivity index (χ4v) is 4.28. The summed E-state index contributed by atoms with van der Waals surface area (Å²) in [6.07, 6.45) is 4.83. The molecule has 3 aliphatic rings. The van der Waals surface area contributed by atoms with Crippen LogP contribution in [0.1, 0.15) is 43.4 Å². The van der Waals surface area contributed by atoms with Crippen molar-refractivity contribution in [1.82, 2.24) is 15.0 Å². The second-order valence-electron chi connectivity index (χ2n) is 6.58. The summed E-state index contributed by atoms with van der Waals surface area (Å²) in [5.74, 6) is 2.94. The zero-order valence-corrected chi connectivity index (χ0v) is 12.3. The molecular weight excluding hydrogens is 270 g/mol. The van der Waals surface area contributed by atoms with E-state index in [9.17, 15) is 4.79 Å². The molecule has 6 heteroatoms. The molecule has 2 aliphatic carbocycles. The number of nitrogens with zero attached hydrogens (tertiary/aromatic N) is 3. The number of carbonyl (C=O) groups excluding carboxylic acids is 1. The maximum atomic E-state index is 13.0. The molecule has 0 spiro atoms. The molecule has 0 unspecified atom stereocenters. The minimum Gasteiger partial charge on any atom is -0.377 e. The van der Waals surface area contributed by atoms with Gasteiger partial charge in [-0.3, -0.25) is 4.79 Å². The standard InChI is InChI=1S/C15H21N3O3/c1-9-16-14(21-17-9)13-8-20-5-4-18(13)15(19)12-7-10-2-3-11(12)6-10/h10-13H,2-8H2,1H3/t10-,11-,12+,13-/m0/s1.